The Morgan fingerprint density at radius 2 is 1.94 bits per heavy atom. The number of carbonyl (C=O) groups excluding carboxylic acids is 2. The van der Waals surface area contributed by atoms with Crippen LogP contribution in [-0.2, 0) is 16.1 Å². The normalized spacial score (nSPS) is 24.3. The van der Waals surface area contributed by atoms with Gasteiger partial charge in [-0.2, -0.15) is 5.10 Å². The second kappa shape index (κ2) is 10.5. The molecule has 9 heteroatoms. The molecule has 35 heavy (non-hydrogen) atoms. The van der Waals surface area contributed by atoms with Gasteiger partial charge in [-0.3, -0.25) is 19.2 Å². The summed E-state index contributed by atoms with van der Waals surface area (Å²) in [5.74, 6) is 0.384. The van der Waals surface area contributed by atoms with Crippen LogP contribution in [0.15, 0.2) is 28.9 Å². The van der Waals surface area contributed by atoms with Crippen LogP contribution in [0.1, 0.15) is 62.4 Å². The molecule has 2 aromatic rings. The second-order valence-corrected chi connectivity index (χ2v) is 10.2. The van der Waals surface area contributed by atoms with Gasteiger partial charge in [-0.15, -0.1) is 0 Å². The van der Waals surface area contributed by atoms with E-state index in [0.29, 0.717) is 30.2 Å². The molecule has 1 atom stereocenters. The van der Waals surface area contributed by atoms with Gasteiger partial charge in [0, 0.05) is 38.3 Å². The third kappa shape index (κ3) is 5.16. The summed E-state index contributed by atoms with van der Waals surface area (Å²) in [6, 6.07) is 5.58. The summed E-state index contributed by atoms with van der Waals surface area (Å²) < 4.78 is 12.6. The van der Waals surface area contributed by atoms with Crippen molar-refractivity contribution in [1.82, 2.24) is 24.9 Å². The molecule has 2 fully saturated rings. The number of rotatable bonds is 7. The van der Waals surface area contributed by atoms with Crippen molar-refractivity contribution in [3.05, 3.63) is 30.2 Å². The molecule has 1 N–H and O–H groups in total. The summed E-state index contributed by atoms with van der Waals surface area (Å²) in [6.07, 6.45) is 9.13. The van der Waals surface area contributed by atoms with E-state index < -0.39 is 5.54 Å². The lowest BCUT2D eigenvalue weighted by Gasteiger charge is -2.44. The number of fused-ring (bicyclic) bond motifs is 1. The first-order chi connectivity index (χ1) is 17.0. The van der Waals surface area contributed by atoms with Gasteiger partial charge in [0.25, 0.3) is 5.91 Å². The number of hydrogen-bond acceptors (Lipinski definition) is 6. The van der Waals surface area contributed by atoms with E-state index in [1.54, 1.807) is 28.0 Å². The summed E-state index contributed by atoms with van der Waals surface area (Å²) in [5.41, 5.74) is 0.107. The largest absolute Gasteiger partial charge is 0.463 e. The van der Waals surface area contributed by atoms with Crippen LogP contribution < -0.4 is 5.32 Å². The van der Waals surface area contributed by atoms with Crippen molar-refractivity contribution in [2.24, 2.45) is 0 Å². The van der Waals surface area contributed by atoms with Crippen LogP contribution in [0, 0.1) is 0 Å². The molecule has 1 saturated heterocycles. The fraction of sp³-hybridized carbons (Fsp3) is 0.654. The van der Waals surface area contributed by atoms with E-state index in [1.807, 2.05) is 13.0 Å². The highest BCUT2D eigenvalue weighted by Gasteiger charge is 2.48. The maximum absolute atomic E-state index is 13.8. The molecule has 0 radical (unpaired) electrons. The SMILES string of the molecule is CC1(C(=O)NC2CCCCCC2)Cn2nc(-c3ccco3)cc2C(=O)N1CCCN1CCOCC1. The minimum absolute atomic E-state index is 0.0789. The van der Waals surface area contributed by atoms with E-state index in [-0.39, 0.29) is 17.9 Å². The number of morpholine rings is 1. The fourth-order valence-corrected chi connectivity index (χ4v) is 5.58. The molecule has 0 bridgehead atoms. The molecule has 2 aliphatic heterocycles. The maximum Gasteiger partial charge on any atom is 0.273 e. The topological polar surface area (TPSA) is 92.8 Å². The van der Waals surface area contributed by atoms with Crippen LogP contribution in [0.4, 0.5) is 0 Å². The van der Waals surface area contributed by atoms with Crippen molar-refractivity contribution in [1.29, 1.82) is 0 Å². The summed E-state index contributed by atoms with van der Waals surface area (Å²) >= 11 is 0. The van der Waals surface area contributed by atoms with E-state index in [1.165, 1.54) is 12.8 Å². The molecule has 5 rings (SSSR count). The van der Waals surface area contributed by atoms with E-state index in [4.69, 9.17) is 9.15 Å². The van der Waals surface area contributed by atoms with Gasteiger partial charge in [0.1, 0.15) is 16.9 Å². The fourth-order valence-electron chi connectivity index (χ4n) is 5.58. The summed E-state index contributed by atoms with van der Waals surface area (Å²) in [4.78, 5) is 31.7. The minimum atomic E-state index is -1.01. The highest BCUT2D eigenvalue weighted by Crippen LogP contribution is 2.31. The van der Waals surface area contributed by atoms with Gasteiger partial charge >= 0.3 is 0 Å². The number of amides is 2. The lowest BCUT2D eigenvalue weighted by atomic mass is 9.93. The van der Waals surface area contributed by atoms with Crippen LogP contribution in [0.3, 0.4) is 0 Å². The van der Waals surface area contributed by atoms with Gasteiger partial charge < -0.3 is 19.4 Å². The molecule has 190 valence electrons. The molecular weight excluding hydrogens is 446 g/mol. The zero-order valence-corrected chi connectivity index (χ0v) is 20.7. The number of aromatic nitrogens is 2. The van der Waals surface area contributed by atoms with Gasteiger partial charge in [-0.25, -0.2) is 0 Å². The molecule has 1 aliphatic carbocycles. The first-order valence-electron chi connectivity index (χ1n) is 13.1. The lowest BCUT2D eigenvalue weighted by Crippen LogP contribution is -2.65. The maximum atomic E-state index is 13.8. The van der Waals surface area contributed by atoms with Crippen LogP contribution in [0.5, 0.6) is 0 Å². The summed E-state index contributed by atoms with van der Waals surface area (Å²) in [6.45, 7) is 6.93. The van der Waals surface area contributed by atoms with Crippen LogP contribution >= 0.6 is 0 Å². The zero-order chi connectivity index (χ0) is 24.3. The second-order valence-electron chi connectivity index (χ2n) is 10.2. The quantitative estimate of drug-likeness (QED) is 0.609. The Morgan fingerprint density at radius 3 is 2.66 bits per heavy atom. The van der Waals surface area contributed by atoms with Crippen molar-refractivity contribution in [2.75, 3.05) is 39.4 Å². The van der Waals surface area contributed by atoms with E-state index in [0.717, 1.165) is 65.0 Å². The predicted molar refractivity (Wildman–Crippen MR) is 131 cm³/mol. The van der Waals surface area contributed by atoms with Crippen molar-refractivity contribution in [2.45, 2.75) is 70.0 Å². The van der Waals surface area contributed by atoms with Crippen LogP contribution in [-0.4, -0.2) is 82.4 Å². The number of nitrogens with one attached hydrogen (secondary N) is 1. The lowest BCUT2D eigenvalue weighted by molar-refractivity contribution is -0.134. The van der Waals surface area contributed by atoms with E-state index in [9.17, 15) is 9.59 Å². The highest BCUT2D eigenvalue weighted by molar-refractivity contribution is 6.00. The predicted octanol–water partition coefficient (Wildman–Crippen LogP) is 2.92. The average Bonchev–Trinajstić information content (AvgIpc) is 3.47. The Bertz CT molecular complexity index is 1010. The molecular formula is C26H37N5O4. The number of furan rings is 1. The number of ether oxygens (including phenoxy) is 1. The van der Waals surface area contributed by atoms with Gasteiger partial charge in [0.2, 0.25) is 5.91 Å². The third-order valence-corrected chi connectivity index (χ3v) is 7.71. The van der Waals surface area contributed by atoms with Crippen molar-refractivity contribution in [3.8, 4) is 11.5 Å². The Balaban J connectivity index is 1.37. The average molecular weight is 484 g/mol. The van der Waals surface area contributed by atoms with Crippen molar-refractivity contribution < 1.29 is 18.7 Å². The Hall–Kier alpha value is -2.65. The molecule has 2 aromatic heterocycles. The third-order valence-electron chi connectivity index (χ3n) is 7.71. The van der Waals surface area contributed by atoms with Crippen LogP contribution in [0.25, 0.3) is 11.5 Å². The van der Waals surface area contributed by atoms with Gasteiger partial charge in [0.05, 0.1) is 26.0 Å². The summed E-state index contributed by atoms with van der Waals surface area (Å²) in [7, 11) is 0. The Morgan fingerprint density at radius 1 is 1.17 bits per heavy atom. The minimum Gasteiger partial charge on any atom is -0.463 e. The molecule has 1 saturated carbocycles. The van der Waals surface area contributed by atoms with Gasteiger partial charge in [-0.1, -0.05) is 25.7 Å². The van der Waals surface area contributed by atoms with Crippen molar-refractivity contribution in [3.63, 3.8) is 0 Å². The molecule has 3 aliphatic rings. The van der Waals surface area contributed by atoms with Crippen LogP contribution in [0.2, 0.25) is 0 Å². The smallest absolute Gasteiger partial charge is 0.273 e. The monoisotopic (exact) mass is 483 g/mol. The molecule has 4 heterocycles. The Labute approximate surface area is 206 Å². The van der Waals surface area contributed by atoms with Crippen molar-refractivity contribution >= 4 is 11.8 Å². The number of nitrogens with zero attached hydrogens (tertiary/aromatic N) is 4. The first-order valence-corrected chi connectivity index (χ1v) is 13.1. The Kier molecular flexibility index (Phi) is 7.24. The summed E-state index contributed by atoms with van der Waals surface area (Å²) in [5, 5.41) is 7.95. The molecule has 9 nitrogen and oxygen atoms in total. The number of carbonyl (C=O) groups is 2. The van der Waals surface area contributed by atoms with E-state index >= 15 is 0 Å². The highest BCUT2D eigenvalue weighted by atomic mass is 16.5. The number of hydrogen-bond donors (Lipinski definition) is 1. The zero-order valence-electron chi connectivity index (χ0n) is 20.7. The molecule has 1 unspecified atom stereocenters. The molecule has 2 amide bonds. The van der Waals surface area contributed by atoms with Gasteiger partial charge in [0.15, 0.2) is 5.76 Å². The first kappa shape index (κ1) is 24.1. The van der Waals surface area contributed by atoms with E-state index in [2.05, 4.69) is 15.3 Å². The molecule has 0 spiro atoms. The standard InChI is InChI=1S/C26H37N5O4/c1-26(25(33)27-20-8-4-2-3-5-9-20)19-31-22(18-21(28-31)23-10-6-15-35-23)24(32)30(26)12-7-11-29-13-16-34-17-14-29/h6,10,15,18,20H,2-5,7-9,11-14,16-17,19H2,1H3,(H,27,33). The molecule has 0 aromatic carbocycles. The van der Waals surface area contributed by atoms with Gasteiger partial charge in [-0.05, 0) is 38.3 Å².